The molecule has 10 nitrogen and oxygen atoms in total. The Bertz CT molecular complexity index is 1510. The van der Waals surface area contributed by atoms with Gasteiger partial charge in [0.25, 0.3) is 5.56 Å². The molecule has 0 radical (unpaired) electrons. The summed E-state index contributed by atoms with van der Waals surface area (Å²) in [5.74, 6) is 3.20. The molecule has 0 saturated heterocycles. The molecule has 0 unspecified atom stereocenters. The first-order valence-electron chi connectivity index (χ1n) is 13.6. The molecule has 2 aromatic carbocycles. The zero-order valence-corrected chi connectivity index (χ0v) is 22.6. The third-order valence-corrected chi connectivity index (χ3v) is 7.87. The highest BCUT2D eigenvalue weighted by Gasteiger charge is 2.35. The van der Waals surface area contributed by atoms with Crippen LogP contribution < -0.4 is 19.8 Å². The Kier molecular flexibility index (Phi) is 6.95. The first kappa shape index (κ1) is 25.4. The number of H-pyrrole nitrogens is 1. The van der Waals surface area contributed by atoms with E-state index in [-0.39, 0.29) is 24.3 Å². The number of hydrogen-bond acceptors (Lipinski definition) is 8. The number of aromatic amines is 1. The average Bonchev–Trinajstić information content (AvgIpc) is 3.71. The van der Waals surface area contributed by atoms with Gasteiger partial charge in [0.05, 0.1) is 25.2 Å². The van der Waals surface area contributed by atoms with Crippen LogP contribution >= 0.6 is 0 Å². The standard InChI is InChI=1S/C29H34N6O4/c1-18(2)27(28-31-32-33-35(28)15-19-8-10-23(37-3)11-9-19)34(22-6-4-5-7-22)16-21-12-20-13-25-26(39-17-38-25)14-24(20)30-29(21)36/h8-14,18,22,27H,4-7,15-17H2,1-3H3,(H,30,36)/t27-/m0/s1. The second kappa shape index (κ2) is 10.7. The highest BCUT2D eigenvalue weighted by molar-refractivity contribution is 5.83. The van der Waals surface area contributed by atoms with Crippen LogP contribution in [0.3, 0.4) is 0 Å². The smallest absolute Gasteiger partial charge is 0.252 e. The highest BCUT2D eigenvalue weighted by Crippen LogP contribution is 2.38. The molecule has 10 heteroatoms. The van der Waals surface area contributed by atoms with Gasteiger partial charge in [-0.1, -0.05) is 38.8 Å². The van der Waals surface area contributed by atoms with Crippen LogP contribution in [0.15, 0.2) is 47.3 Å². The van der Waals surface area contributed by atoms with Gasteiger partial charge in [0.2, 0.25) is 6.79 Å². The predicted molar refractivity (Wildman–Crippen MR) is 146 cm³/mol. The van der Waals surface area contributed by atoms with Gasteiger partial charge in [0.15, 0.2) is 17.3 Å². The number of tetrazole rings is 1. The van der Waals surface area contributed by atoms with E-state index in [1.807, 2.05) is 47.1 Å². The normalized spacial score (nSPS) is 16.0. The van der Waals surface area contributed by atoms with Crippen LogP contribution in [-0.4, -0.2) is 50.0 Å². The van der Waals surface area contributed by atoms with Crippen molar-refractivity contribution >= 4 is 10.9 Å². The van der Waals surface area contributed by atoms with Crippen LogP contribution in [0.2, 0.25) is 0 Å². The Morgan fingerprint density at radius 1 is 1.10 bits per heavy atom. The van der Waals surface area contributed by atoms with E-state index in [2.05, 4.69) is 39.3 Å². The maximum Gasteiger partial charge on any atom is 0.252 e. The van der Waals surface area contributed by atoms with E-state index >= 15 is 0 Å². The first-order chi connectivity index (χ1) is 19.0. The number of hydrogen-bond donors (Lipinski definition) is 1. The summed E-state index contributed by atoms with van der Waals surface area (Å²) in [5.41, 5.74) is 2.45. The van der Waals surface area contributed by atoms with Crippen molar-refractivity contribution in [3.8, 4) is 17.2 Å². The molecule has 1 fully saturated rings. The molecule has 204 valence electrons. The fourth-order valence-electron chi connectivity index (χ4n) is 5.92. The number of benzene rings is 2. The number of fused-ring (bicyclic) bond motifs is 2. The van der Waals surface area contributed by atoms with Crippen LogP contribution in [0.4, 0.5) is 0 Å². The van der Waals surface area contributed by atoms with Gasteiger partial charge >= 0.3 is 0 Å². The Labute approximate surface area is 226 Å². The number of pyridine rings is 1. The number of rotatable bonds is 9. The Morgan fingerprint density at radius 3 is 2.56 bits per heavy atom. The third-order valence-electron chi connectivity index (χ3n) is 7.87. The average molecular weight is 531 g/mol. The van der Waals surface area contributed by atoms with Gasteiger partial charge in [-0.25, -0.2) is 4.68 Å². The first-order valence-corrected chi connectivity index (χ1v) is 13.6. The van der Waals surface area contributed by atoms with Gasteiger partial charge in [-0.15, -0.1) is 5.10 Å². The summed E-state index contributed by atoms with van der Waals surface area (Å²) in [6.45, 7) is 5.65. The van der Waals surface area contributed by atoms with Crippen LogP contribution in [-0.2, 0) is 13.1 Å². The molecule has 1 saturated carbocycles. The zero-order valence-electron chi connectivity index (χ0n) is 22.6. The highest BCUT2D eigenvalue weighted by atomic mass is 16.7. The molecule has 0 amide bonds. The summed E-state index contributed by atoms with van der Waals surface area (Å²) in [5, 5.41) is 13.9. The molecular formula is C29H34N6O4. The minimum atomic E-state index is -0.0929. The molecule has 6 rings (SSSR count). The van der Waals surface area contributed by atoms with Gasteiger partial charge in [-0.05, 0) is 59.0 Å². The molecule has 1 aliphatic carbocycles. The summed E-state index contributed by atoms with van der Waals surface area (Å²) < 4.78 is 18.3. The second-order valence-corrected chi connectivity index (χ2v) is 10.8. The molecule has 2 aromatic heterocycles. The lowest BCUT2D eigenvalue weighted by Gasteiger charge is -2.38. The number of aromatic nitrogens is 5. The molecule has 4 aromatic rings. The second-order valence-electron chi connectivity index (χ2n) is 10.8. The molecule has 1 N–H and O–H groups in total. The molecule has 1 atom stereocenters. The molecule has 39 heavy (non-hydrogen) atoms. The molecule has 3 heterocycles. The fraction of sp³-hybridized carbons (Fsp3) is 0.448. The van der Waals surface area contributed by atoms with Gasteiger partial charge in [0.1, 0.15) is 5.75 Å². The quantitative estimate of drug-likeness (QED) is 0.338. The fourth-order valence-corrected chi connectivity index (χ4v) is 5.92. The van der Waals surface area contributed by atoms with Crippen molar-refractivity contribution in [3.05, 3.63) is 69.8 Å². The maximum atomic E-state index is 13.3. The van der Waals surface area contributed by atoms with Crippen LogP contribution in [0.25, 0.3) is 10.9 Å². The van der Waals surface area contributed by atoms with Crippen LogP contribution in [0.1, 0.15) is 62.5 Å². The Balaban J connectivity index is 1.35. The summed E-state index contributed by atoms with van der Waals surface area (Å²) >= 11 is 0. The lowest BCUT2D eigenvalue weighted by atomic mass is 9.97. The number of methoxy groups -OCH3 is 1. The van der Waals surface area contributed by atoms with Crippen LogP contribution in [0.5, 0.6) is 17.2 Å². The maximum absolute atomic E-state index is 13.3. The predicted octanol–water partition coefficient (Wildman–Crippen LogP) is 4.44. The van der Waals surface area contributed by atoms with E-state index in [0.717, 1.165) is 40.9 Å². The summed E-state index contributed by atoms with van der Waals surface area (Å²) in [7, 11) is 1.66. The number of nitrogens with one attached hydrogen (secondary N) is 1. The van der Waals surface area contributed by atoms with Crippen molar-refractivity contribution in [1.29, 1.82) is 0 Å². The lowest BCUT2D eigenvalue weighted by Crippen LogP contribution is -2.41. The van der Waals surface area contributed by atoms with Gasteiger partial charge in [-0.2, -0.15) is 0 Å². The van der Waals surface area contributed by atoms with E-state index in [1.165, 1.54) is 12.8 Å². The number of ether oxygens (including phenoxy) is 3. The van der Waals surface area contributed by atoms with Crippen LogP contribution in [0, 0.1) is 5.92 Å². The molecule has 0 spiro atoms. The van der Waals surface area contributed by atoms with Gasteiger partial charge in [-0.3, -0.25) is 9.69 Å². The minimum Gasteiger partial charge on any atom is -0.497 e. The lowest BCUT2D eigenvalue weighted by molar-refractivity contribution is 0.0844. The summed E-state index contributed by atoms with van der Waals surface area (Å²) in [4.78, 5) is 18.8. The monoisotopic (exact) mass is 530 g/mol. The zero-order chi connectivity index (χ0) is 26.9. The molecule has 0 bridgehead atoms. The Morgan fingerprint density at radius 2 is 1.85 bits per heavy atom. The van der Waals surface area contributed by atoms with Crippen molar-refractivity contribution in [2.45, 2.75) is 64.7 Å². The molecular weight excluding hydrogens is 496 g/mol. The third kappa shape index (κ3) is 5.08. The van der Waals surface area contributed by atoms with E-state index < -0.39 is 0 Å². The molecule has 1 aliphatic heterocycles. The number of nitrogens with zero attached hydrogens (tertiary/aromatic N) is 5. The van der Waals surface area contributed by atoms with E-state index in [1.54, 1.807) is 7.11 Å². The van der Waals surface area contributed by atoms with Crippen molar-refractivity contribution < 1.29 is 14.2 Å². The van der Waals surface area contributed by atoms with Crippen molar-refractivity contribution in [2.24, 2.45) is 5.92 Å². The minimum absolute atomic E-state index is 0.0619. The van der Waals surface area contributed by atoms with E-state index in [4.69, 9.17) is 14.2 Å². The van der Waals surface area contributed by atoms with Gasteiger partial charge < -0.3 is 19.2 Å². The molecule has 2 aliphatic rings. The summed E-state index contributed by atoms with van der Waals surface area (Å²) in [6.07, 6.45) is 4.54. The largest absolute Gasteiger partial charge is 0.497 e. The summed E-state index contributed by atoms with van der Waals surface area (Å²) in [6, 6.07) is 14.0. The van der Waals surface area contributed by atoms with Crippen molar-refractivity contribution in [1.82, 2.24) is 30.1 Å². The van der Waals surface area contributed by atoms with E-state index in [9.17, 15) is 4.79 Å². The topological polar surface area (TPSA) is 107 Å². The Hall–Kier alpha value is -3.92. The van der Waals surface area contributed by atoms with E-state index in [0.29, 0.717) is 36.2 Å². The van der Waals surface area contributed by atoms with Gasteiger partial charge in [0, 0.05) is 29.6 Å². The van der Waals surface area contributed by atoms with Crippen molar-refractivity contribution in [3.63, 3.8) is 0 Å². The SMILES string of the molecule is COc1ccc(Cn2nnnc2[C@H](C(C)C)N(Cc2cc3cc4c(cc3[nH]c2=O)OCO4)C2CCCC2)cc1. The van der Waals surface area contributed by atoms with Crippen molar-refractivity contribution in [2.75, 3.05) is 13.9 Å².